The molecule has 1 aromatic heterocycles. The lowest BCUT2D eigenvalue weighted by Crippen LogP contribution is -2.24. The molecule has 2 aromatic rings. The summed E-state index contributed by atoms with van der Waals surface area (Å²) in [4.78, 5) is 16.3. The topological polar surface area (TPSA) is 84.2 Å². The van der Waals surface area contributed by atoms with Gasteiger partial charge in [0.2, 0.25) is 0 Å². The predicted octanol–water partition coefficient (Wildman–Crippen LogP) is 2.32. The average molecular weight is 323 g/mol. The number of methoxy groups -OCH3 is 2. The van der Waals surface area contributed by atoms with E-state index in [-0.39, 0.29) is 12.1 Å². The second kappa shape index (κ2) is 8.34. The molecule has 24 heavy (non-hydrogen) atoms. The number of amides is 1. The van der Waals surface area contributed by atoms with E-state index in [0.717, 1.165) is 0 Å². The van der Waals surface area contributed by atoms with Crippen LogP contribution in [0.5, 0.6) is 11.5 Å². The first-order valence-corrected chi connectivity index (χ1v) is 7.19. The summed E-state index contributed by atoms with van der Waals surface area (Å²) in [6.45, 7) is 0.250. The van der Waals surface area contributed by atoms with Crippen molar-refractivity contribution in [3.05, 3.63) is 59.4 Å². The lowest BCUT2D eigenvalue weighted by atomic mass is 10.1. The number of nitrogens with one attached hydrogen (secondary N) is 1. The van der Waals surface area contributed by atoms with Crippen molar-refractivity contribution in [2.75, 3.05) is 14.2 Å². The Morgan fingerprint density at radius 1 is 1.25 bits per heavy atom. The SMILES string of the molecule is COc1cc(/C=C(\C#N)C(=O)NCc2ccccn2)cc(OC)c1. The van der Waals surface area contributed by atoms with Crippen molar-refractivity contribution in [1.82, 2.24) is 10.3 Å². The third-order valence-corrected chi connectivity index (χ3v) is 3.21. The molecule has 0 bridgehead atoms. The zero-order valence-corrected chi connectivity index (χ0v) is 13.4. The minimum Gasteiger partial charge on any atom is -0.497 e. The smallest absolute Gasteiger partial charge is 0.262 e. The normalized spacial score (nSPS) is 10.6. The van der Waals surface area contributed by atoms with E-state index >= 15 is 0 Å². The highest BCUT2D eigenvalue weighted by molar-refractivity contribution is 6.01. The van der Waals surface area contributed by atoms with Crippen LogP contribution in [-0.2, 0) is 11.3 Å². The van der Waals surface area contributed by atoms with Crippen molar-refractivity contribution >= 4 is 12.0 Å². The highest BCUT2D eigenvalue weighted by Gasteiger charge is 2.10. The van der Waals surface area contributed by atoms with Crippen LogP contribution in [0.4, 0.5) is 0 Å². The number of aromatic nitrogens is 1. The second-order valence-electron chi connectivity index (χ2n) is 4.82. The van der Waals surface area contributed by atoms with Gasteiger partial charge in [-0.05, 0) is 35.9 Å². The van der Waals surface area contributed by atoms with E-state index in [2.05, 4.69) is 10.3 Å². The van der Waals surface area contributed by atoms with Crippen molar-refractivity contribution in [1.29, 1.82) is 5.26 Å². The Balaban J connectivity index is 2.16. The van der Waals surface area contributed by atoms with Crippen LogP contribution >= 0.6 is 0 Å². The monoisotopic (exact) mass is 323 g/mol. The van der Waals surface area contributed by atoms with Gasteiger partial charge in [-0.2, -0.15) is 5.26 Å². The average Bonchev–Trinajstić information content (AvgIpc) is 2.64. The van der Waals surface area contributed by atoms with Gasteiger partial charge in [-0.25, -0.2) is 0 Å². The van der Waals surface area contributed by atoms with Crippen LogP contribution in [0, 0.1) is 11.3 Å². The maximum absolute atomic E-state index is 12.2. The first-order chi connectivity index (χ1) is 11.7. The van der Waals surface area contributed by atoms with E-state index in [4.69, 9.17) is 9.47 Å². The molecule has 0 spiro atoms. The number of nitrogens with zero attached hydrogens (tertiary/aromatic N) is 2. The lowest BCUT2D eigenvalue weighted by Gasteiger charge is -2.07. The molecule has 1 amide bonds. The molecule has 1 N–H and O–H groups in total. The van der Waals surface area contributed by atoms with Crippen molar-refractivity contribution in [3.8, 4) is 17.6 Å². The molecular formula is C18H17N3O3. The fourth-order valence-electron chi connectivity index (χ4n) is 2.00. The van der Waals surface area contributed by atoms with Gasteiger partial charge in [0.1, 0.15) is 23.1 Å². The molecule has 1 aromatic carbocycles. The van der Waals surface area contributed by atoms with E-state index in [0.29, 0.717) is 22.8 Å². The number of nitriles is 1. The van der Waals surface area contributed by atoms with Crippen molar-refractivity contribution in [2.45, 2.75) is 6.54 Å². The number of carbonyl (C=O) groups is 1. The summed E-state index contributed by atoms with van der Waals surface area (Å²) in [5, 5.41) is 11.9. The van der Waals surface area contributed by atoms with Crippen LogP contribution in [-0.4, -0.2) is 25.1 Å². The first-order valence-electron chi connectivity index (χ1n) is 7.19. The van der Waals surface area contributed by atoms with E-state index < -0.39 is 5.91 Å². The number of rotatable bonds is 6. The summed E-state index contributed by atoms with van der Waals surface area (Å²) in [7, 11) is 3.07. The quantitative estimate of drug-likeness (QED) is 0.651. The predicted molar refractivity (Wildman–Crippen MR) is 89.2 cm³/mol. The summed E-state index contributed by atoms with van der Waals surface area (Å²) < 4.78 is 10.4. The molecule has 6 heteroatoms. The molecule has 0 atom stereocenters. The van der Waals surface area contributed by atoms with Crippen LogP contribution in [0.25, 0.3) is 6.08 Å². The molecule has 0 aliphatic rings. The molecule has 0 radical (unpaired) electrons. The van der Waals surface area contributed by atoms with Gasteiger partial charge >= 0.3 is 0 Å². The Morgan fingerprint density at radius 3 is 2.50 bits per heavy atom. The molecule has 2 rings (SSSR count). The van der Waals surface area contributed by atoms with Crippen molar-refractivity contribution in [2.24, 2.45) is 0 Å². The van der Waals surface area contributed by atoms with Crippen LogP contribution in [0.3, 0.4) is 0 Å². The summed E-state index contributed by atoms with van der Waals surface area (Å²) in [5.41, 5.74) is 1.34. The number of benzene rings is 1. The molecular weight excluding hydrogens is 306 g/mol. The number of hydrogen-bond acceptors (Lipinski definition) is 5. The van der Waals surface area contributed by atoms with Crippen LogP contribution in [0.1, 0.15) is 11.3 Å². The number of carbonyl (C=O) groups excluding carboxylic acids is 1. The van der Waals surface area contributed by atoms with E-state index in [1.807, 2.05) is 12.1 Å². The highest BCUT2D eigenvalue weighted by Crippen LogP contribution is 2.24. The Bertz CT molecular complexity index is 758. The van der Waals surface area contributed by atoms with Crippen molar-refractivity contribution in [3.63, 3.8) is 0 Å². The number of pyridine rings is 1. The Morgan fingerprint density at radius 2 is 1.96 bits per heavy atom. The second-order valence-corrected chi connectivity index (χ2v) is 4.82. The minimum absolute atomic E-state index is 0.0127. The number of ether oxygens (including phenoxy) is 2. The maximum Gasteiger partial charge on any atom is 0.262 e. The largest absolute Gasteiger partial charge is 0.497 e. The van der Waals surface area contributed by atoms with E-state index in [1.54, 1.807) is 36.5 Å². The van der Waals surface area contributed by atoms with E-state index in [1.165, 1.54) is 20.3 Å². The van der Waals surface area contributed by atoms with E-state index in [9.17, 15) is 10.1 Å². The van der Waals surface area contributed by atoms with Crippen LogP contribution in [0.15, 0.2) is 48.2 Å². The first kappa shape index (κ1) is 17.0. The molecule has 0 saturated heterocycles. The Hall–Kier alpha value is -3.33. The number of hydrogen-bond donors (Lipinski definition) is 1. The van der Waals surface area contributed by atoms with Gasteiger partial charge in [0, 0.05) is 12.3 Å². The van der Waals surface area contributed by atoms with Gasteiger partial charge in [0.15, 0.2) is 0 Å². The third kappa shape index (κ3) is 4.58. The van der Waals surface area contributed by atoms with Gasteiger partial charge in [-0.1, -0.05) is 6.07 Å². The van der Waals surface area contributed by atoms with Crippen molar-refractivity contribution < 1.29 is 14.3 Å². The van der Waals surface area contributed by atoms with Gasteiger partial charge in [0.05, 0.1) is 26.5 Å². The summed E-state index contributed by atoms with van der Waals surface area (Å²) >= 11 is 0. The zero-order chi connectivity index (χ0) is 17.4. The molecule has 0 unspecified atom stereocenters. The van der Waals surface area contributed by atoms with Gasteiger partial charge < -0.3 is 14.8 Å². The van der Waals surface area contributed by atoms with Gasteiger partial charge in [0.25, 0.3) is 5.91 Å². The lowest BCUT2D eigenvalue weighted by molar-refractivity contribution is -0.117. The minimum atomic E-state index is -0.468. The summed E-state index contributed by atoms with van der Waals surface area (Å²) in [6.07, 6.45) is 3.13. The molecule has 0 fully saturated rings. The Kier molecular flexibility index (Phi) is 5.92. The molecule has 1 heterocycles. The molecule has 0 saturated carbocycles. The fourth-order valence-corrected chi connectivity index (χ4v) is 2.00. The fraction of sp³-hybridized carbons (Fsp3) is 0.167. The summed E-state index contributed by atoms with van der Waals surface area (Å²) in [6, 6.07) is 12.5. The van der Waals surface area contributed by atoms with Gasteiger partial charge in [-0.3, -0.25) is 9.78 Å². The molecule has 0 aliphatic heterocycles. The summed E-state index contributed by atoms with van der Waals surface area (Å²) in [5.74, 6) is 0.684. The maximum atomic E-state index is 12.2. The standard InChI is InChI=1S/C18H17N3O3/c1-23-16-8-13(9-17(10-16)24-2)7-14(11-19)18(22)21-12-15-5-3-4-6-20-15/h3-10H,12H2,1-2H3,(H,21,22)/b14-7+. The van der Waals surface area contributed by atoms with Crippen LogP contribution < -0.4 is 14.8 Å². The van der Waals surface area contributed by atoms with Crippen LogP contribution in [0.2, 0.25) is 0 Å². The van der Waals surface area contributed by atoms with Gasteiger partial charge in [-0.15, -0.1) is 0 Å². The molecule has 6 nitrogen and oxygen atoms in total. The Labute approximate surface area is 140 Å². The molecule has 122 valence electrons. The zero-order valence-electron chi connectivity index (χ0n) is 13.4. The molecule has 0 aliphatic carbocycles. The highest BCUT2D eigenvalue weighted by atomic mass is 16.5. The third-order valence-electron chi connectivity index (χ3n) is 3.21.